The molecule has 3 nitrogen and oxygen atoms in total. The smallest absolute Gasteiger partial charge is 0.125 e. The summed E-state index contributed by atoms with van der Waals surface area (Å²) >= 11 is 5.81. The van der Waals surface area contributed by atoms with E-state index in [9.17, 15) is 4.39 Å². The van der Waals surface area contributed by atoms with E-state index in [-0.39, 0.29) is 11.9 Å². The Morgan fingerprint density at radius 3 is 2.95 bits per heavy atom. The highest BCUT2D eigenvalue weighted by molar-refractivity contribution is 6.17. The molecular weight excluding hydrogens is 267 g/mol. The molecular formula is C14H18ClFN2O. The normalized spacial score (nSPS) is 13.1. The molecule has 104 valence electrons. The van der Waals surface area contributed by atoms with Gasteiger partial charge < -0.3 is 9.30 Å². The van der Waals surface area contributed by atoms with Crippen LogP contribution in [0.15, 0.2) is 18.2 Å². The quantitative estimate of drug-likeness (QED) is 0.761. The van der Waals surface area contributed by atoms with Crippen LogP contribution in [0.4, 0.5) is 4.39 Å². The van der Waals surface area contributed by atoms with E-state index in [2.05, 4.69) is 9.55 Å². The van der Waals surface area contributed by atoms with Crippen molar-refractivity contribution in [3.05, 3.63) is 29.8 Å². The van der Waals surface area contributed by atoms with Gasteiger partial charge in [-0.2, -0.15) is 0 Å². The predicted molar refractivity (Wildman–Crippen MR) is 75.2 cm³/mol. The Labute approximate surface area is 117 Å². The SMILES string of the molecule is CCOC(C)Cn1c(CCCl)nc2cc(F)ccc21. The van der Waals surface area contributed by atoms with Gasteiger partial charge in [0.25, 0.3) is 0 Å². The average molecular weight is 285 g/mol. The van der Waals surface area contributed by atoms with Gasteiger partial charge in [0.15, 0.2) is 0 Å². The van der Waals surface area contributed by atoms with Gasteiger partial charge in [-0.05, 0) is 26.0 Å². The molecule has 2 rings (SSSR count). The van der Waals surface area contributed by atoms with Crippen LogP contribution in [-0.4, -0.2) is 28.1 Å². The Kier molecular flexibility index (Phi) is 4.77. The standard InChI is InChI=1S/C14H18ClFN2O/c1-3-19-10(2)9-18-13-5-4-11(16)8-12(13)17-14(18)6-7-15/h4-5,8,10H,3,6-7,9H2,1-2H3. The highest BCUT2D eigenvalue weighted by atomic mass is 35.5. The number of alkyl halides is 1. The van der Waals surface area contributed by atoms with E-state index < -0.39 is 0 Å². The highest BCUT2D eigenvalue weighted by Gasteiger charge is 2.13. The molecule has 0 aliphatic heterocycles. The lowest BCUT2D eigenvalue weighted by Crippen LogP contribution is -2.18. The summed E-state index contributed by atoms with van der Waals surface area (Å²) < 4.78 is 20.9. The number of fused-ring (bicyclic) bond motifs is 1. The Hall–Kier alpha value is -1.13. The average Bonchev–Trinajstić information content (AvgIpc) is 2.67. The number of hydrogen-bond donors (Lipinski definition) is 0. The molecule has 1 atom stereocenters. The van der Waals surface area contributed by atoms with Crippen LogP contribution in [0, 0.1) is 5.82 Å². The third-order valence-electron chi connectivity index (χ3n) is 3.00. The number of hydrogen-bond acceptors (Lipinski definition) is 2. The van der Waals surface area contributed by atoms with Gasteiger partial charge in [0.05, 0.1) is 23.7 Å². The van der Waals surface area contributed by atoms with Crippen molar-refractivity contribution in [3.63, 3.8) is 0 Å². The minimum Gasteiger partial charge on any atom is -0.377 e. The first-order chi connectivity index (χ1) is 9.15. The number of aryl methyl sites for hydroxylation is 1. The van der Waals surface area contributed by atoms with Gasteiger partial charge in [0.1, 0.15) is 11.6 Å². The topological polar surface area (TPSA) is 27.1 Å². The van der Waals surface area contributed by atoms with Crippen molar-refractivity contribution >= 4 is 22.6 Å². The fraction of sp³-hybridized carbons (Fsp3) is 0.500. The minimum absolute atomic E-state index is 0.0847. The summed E-state index contributed by atoms with van der Waals surface area (Å²) in [6.45, 7) is 5.36. The molecule has 0 amide bonds. The predicted octanol–water partition coefficient (Wildman–Crippen LogP) is 3.38. The summed E-state index contributed by atoms with van der Waals surface area (Å²) in [5, 5.41) is 0. The summed E-state index contributed by atoms with van der Waals surface area (Å²) in [7, 11) is 0. The van der Waals surface area contributed by atoms with Crippen molar-refractivity contribution in [2.45, 2.75) is 32.9 Å². The molecule has 0 spiro atoms. The number of benzene rings is 1. The van der Waals surface area contributed by atoms with Gasteiger partial charge in [-0.15, -0.1) is 11.6 Å². The molecule has 1 aromatic heterocycles. The molecule has 0 bridgehead atoms. The largest absolute Gasteiger partial charge is 0.377 e. The van der Waals surface area contributed by atoms with E-state index in [0.717, 1.165) is 11.3 Å². The number of nitrogens with zero attached hydrogens (tertiary/aromatic N) is 2. The van der Waals surface area contributed by atoms with Crippen LogP contribution >= 0.6 is 11.6 Å². The lowest BCUT2D eigenvalue weighted by Gasteiger charge is -2.15. The summed E-state index contributed by atoms with van der Waals surface area (Å²) in [5.74, 6) is 1.10. The molecule has 0 saturated heterocycles. The molecule has 19 heavy (non-hydrogen) atoms. The first-order valence-corrected chi connectivity index (χ1v) is 7.01. The zero-order valence-electron chi connectivity index (χ0n) is 11.2. The fourth-order valence-electron chi connectivity index (χ4n) is 2.23. The Morgan fingerprint density at radius 2 is 2.26 bits per heavy atom. The van der Waals surface area contributed by atoms with Gasteiger partial charge in [-0.3, -0.25) is 0 Å². The van der Waals surface area contributed by atoms with Crippen molar-refractivity contribution in [2.75, 3.05) is 12.5 Å². The van der Waals surface area contributed by atoms with Crippen LogP contribution in [0.3, 0.4) is 0 Å². The maximum absolute atomic E-state index is 13.2. The zero-order chi connectivity index (χ0) is 13.8. The van der Waals surface area contributed by atoms with Gasteiger partial charge in [0.2, 0.25) is 0 Å². The third-order valence-corrected chi connectivity index (χ3v) is 3.19. The molecule has 2 aromatic rings. The molecule has 0 aliphatic rings. The number of aromatic nitrogens is 2. The highest BCUT2D eigenvalue weighted by Crippen LogP contribution is 2.19. The lowest BCUT2D eigenvalue weighted by molar-refractivity contribution is 0.0643. The van der Waals surface area contributed by atoms with Crippen LogP contribution in [0.1, 0.15) is 19.7 Å². The van der Waals surface area contributed by atoms with E-state index in [0.29, 0.717) is 31.0 Å². The molecule has 0 N–H and O–H groups in total. The molecule has 1 unspecified atom stereocenters. The van der Waals surface area contributed by atoms with Crippen LogP contribution < -0.4 is 0 Å². The van der Waals surface area contributed by atoms with Crippen molar-refractivity contribution in [1.82, 2.24) is 9.55 Å². The zero-order valence-corrected chi connectivity index (χ0v) is 12.0. The Morgan fingerprint density at radius 1 is 1.47 bits per heavy atom. The Balaban J connectivity index is 2.39. The molecule has 1 aromatic carbocycles. The molecule has 5 heteroatoms. The van der Waals surface area contributed by atoms with Crippen LogP contribution in [0.2, 0.25) is 0 Å². The van der Waals surface area contributed by atoms with E-state index in [1.807, 2.05) is 13.8 Å². The van der Waals surface area contributed by atoms with Gasteiger partial charge in [-0.1, -0.05) is 0 Å². The molecule has 0 radical (unpaired) electrons. The van der Waals surface area contributed by atoms with Crippen molar-refractivity contribution in [3.8, 4) is 0 Å². The summed E-state index contributed by atoms with van der Waals surface area (Å²) in [6.07, 6.45) is 0.748. The number of ether oxygens (including phenoxy) is 1. The second kappa shape index (κ2) is 6.35. The molecule has 0 saturated carbocycles. The molecule has 0 aliphatic carbocycles. The first-order valence-electron chi connectivity index (χ1n) is 6.48. The van der Waals surface area contributed by atoms with Crippen molar-refractivity contribution < 1.29 is 9.13 Å². The van der Waals surface area contributed by atoms with Gasteiger partial charge >= 0.3 is 0 Å². The fourth-order valence-corrected chi connectivity index (χ4v) is 2.40. The number of rotatable bonds is 6. The number of imidazole rings is 1. The van der Waals surface area contributed by atoms with Crippen LogP contribution in [-0.2, 0) is 17.7 Å². The lowest BCUT2D eigenvalue weighted by atomic mass is 10.3. The van der Waals surface area contributed by atoms with Crippen molar-refractivity contribution in [1.29, 1.82) is 0 Å². The number of halogens is 2. The maximum Gasteiger partial charge on any atom is 0.125 e. The van der Waals surface area contributed by atoms with E-state index in [4.69, 9.17) is 16.3 Å². The minimum atomic E-state index is -0.271. The van der Waals surface area contributed by atoms with E-state index >= 15 is 0 Å². The van der Waals surface area contributed by atoms with Crippen LogP contribution in [0.25, 0.3) is 11.0 Å². The second-order valence-corrected chi connectivity index (χ2v) is 4.85. The molecule has 1 heterocycles. The van der Waals surface area contributed by atoms with Gasteiger partial charge in [0, 0.05) is 25.0 Å². The van der Waals surface area contributed by atoms with Gasteiger partial charge in [-0.25, -0.2) is 9.37 Å². The van der Waals surface area contributed by atoms with E-state index in [1.54, 1.807) is 6.07 Å². The van der Waals surface area contributed by atoms with Crippen molar-refractivity contribution in [2.24, 2.45) is 0 Å². The molecule has 0 fully saturated rings. The monoisotopic (exact) mass is 284 g/mol. The maximum atomic E-state index is 13.2. The summed E-state index contributed by atoms with van der Waals surface area (Å²) in [4.78, 5) is 4.46. The Bertz CT molecular complexity index is 556. The third kappa shape index (κ3) is 3.25. The first kappa shape index (κ1) is 14.3. The summed E-state index contributed by atoms with van der Waals surface area (Å²) in [6, 6.07) is 4.67. The second-order valence-electron chi connectivity index (χ2n) is 4.48. The van der Waals surface area contributed by atoms with E-state index in [1.165, 1.54) is 12.1 Å². The van der Waals surface area contributed by atoms with Crippen LogP contribution in [0.5, 0.6) is 0 Å². The summed E-state index contributed by atoms with van der Waals surface area (Å²) in [5.41, 5.74) is 1.59.